The smallest absolute Gasteiger partial charge is 0.255 e. The number of carbonyl (C=O) groups excluding carboxylic acids is 1. The zero-order valence-electron chi connectivity index (χ0n) is 24.7. The maximum atomic E-state index is 14.7. The van der Waals surface area contributed by atoms with Crippen molar-refractivity contribution in [2.75, 3.05) is 24.7 Å². The van der Waals surface area contributed by atoms with Crippen LogP contribution in [0.25, 0.3) is 55.8 Å². The molecule has 0 spiro atoms. The lowest BCUT2D eigenvalue weighted by Crippen LogP contribution is -2.25. The van der Waals surface area contributed by atoms with Crippen molar-refractivity contribution >= 4 is 43.5 Å². The Labute approximate surface area is 252 Å². The van der Waals surface area contributed by atoms with Gasteiger partial charge in [0, 0.05) is 48.7 Å². The number of halogens is 1. The molecule has 6 aromatic rings. The molecule has 2 N–H and O–H groups in total. The van der Waals surface area contributed by atoms with Crippen molar-refractivity contribution in [3.05, 3.63) is 76.9 Å². The molecule has 1 aliphatic heterocycles. The van der Waals surface area contributed by atoms with E-state index in [1.54, 1.807) is 25.2 Å². The van der Waals surface area contributed by atoms with Crippen molar-refractivity contribution in [2.24, 2.45) is 0 Å². The summed E-state index contributed by atoms with van der Waals surface area (Å²) >= 11 is 0. The van der Waals surface area contributed by atoms with Crippen molar-refractivity contribution in [1.29, 1.82) is 0 Å². The predicted octanol–water partition coefficient (Wildman–Crippen LogP) is 5.57. The summed E-state index contributed by atoms with van der Waals surface area (Å²) in [6.45, 7) is 4.34. The molecule has 1 amide bonds. The van der Waals surface area contributed by atoms with E-state index in [1.807, 2.05) is 38.1 Å². The number of carbonyl (C=O) groups is 1. The van der Waals surface area contributed by atoms with Gasteiger partial charge in [0.25, 0.3) is 5.91 Å². The summed E-state index contributed by atoms with van der Waals surface area (Å²) in [5.74, 6) is -0.331. The summed E-state index contributed by atoms with van der Waals surface area (Å²) in [5.41, 5.74) is 7.28. The highest BCUT2D eigenvalue weighted by atomic mass is 32.2. The van der Waals surface area contributed by atoms with Crippen LogP contribution < -0.4 is 9.62 Å². The fourth-order valence-electron chi connectivity index (χ4n) is 6.17. The van der Waals surface area contributed by atoms with Crippen molar-refractivity contribution in [1.82, 2.24) is 25.1 Å². The van der Waals surface area contributed by atoms with Crippen molar-refractivity contribution in [3.8, 4) is 34.0 Å². The third kappa shape index (κ3) is 4.12. The first-order valence-corrected chi connectivity index (χ1v) is 15.9. The number of aryl methyl sites for hydroxylation is 4. The van der Waals surface area contributed by atoms with E-state index in [9.17, 15) is 17.6 Å². The minimum Gasteiger partial charge on any atom is -0.455 e. The highest BCUT2D eigenvalue weighted by Gasteiger charge is 2.29. The van der Waals surface area contributed by atoms with E-state index in [1.165, 1.54) is 17.4 Å². The Bertz CT molecular complexity index is 2260. The van der Waals surface area contributed by atoms with Gasteiger partial charge in [-0.1, -0.05) is 12.1 Å². The van der Waals surface area contributed by atoms with Crippen molar-refractivity contribution in [3.63, 3.8) is 0 Å². The van der Waals surface area contributed by atoms with E-state index >= 15 is 0 Å². The van der Waals surface area contributed by atoms with Crippen LogP contribution in [-0.4, -0.2) is 54.4 Å². The molecule has 0 aliphatic carbocycles. The van der Waals surface area contributed by atoms with E-state index in [2.05, 4.69) is 20.1 Å². The summed E-state index contributed by atoms with van der Waals surface area (Å²) in [4.78, 5) is 18.4. The molecule has 4 aromatic heterocycles. The molecule has 5 heterocycles. The average molecular weight is 613 g/mol. The zero-order valence-corrected chi connectivity index (χ0v) is 25.6. The number of sulfonamides is 1. The monoisotopic (exact) mass is 612 g/mol. The maximum Gasteiger partial charge on any atom is 0.255 e. The molecular formula is C32H29FN6O4S. The highest BCUT2D eigenvalue weighted by molar-refractivity contribution is 7.92. The number of aromatic amines is 1. The van der Waals surface area contributed by atoms with Crippen LogP contribution in [0.4, 0.5) is 10.1 Å². The third-order valence-corrected chi connectivity index (χ3v) is 9.64. The first kappa shape index (κ1) is 27.8. The lowest BCUT2D eigenvalue weighted by Gasteiger charge is -2.23. The van der Waals surface area contributed by atoms with Crippen LogP contribution in [0.15, 0.2) is 52.9 Å². The van der Waals surface area contributed by atoms with Crippen LogP contribution in [0.3, 0.4) is 0 Å². The van der Waals surface area contributed by atoms with Gasteiger partial charge in [-0.3, -0.25) is 14.2 Å². The SMILES string of the molecule is CNC(=O)c1c(-c2c(C)n[nH]c2C)oc2cc(N(C)S(C)(=O)=O)c(-c3ccc4c(n3)-c3cc5c(F)cccc5n3CC4)cc12. The van der Waals surface area contributed by atoms with Crippen LogP contribution in [0.5, 0.6) is 0 Å². The number of aromatic nitrogens is 4. The topological polar surface area (TPSA) is 126 Å². The number of fused-ring (bicyclic) bond motifs is 6. The Morgan fingerprint density at radius 2 is 1.93 bits per heavy atom. The lowest BCUT2D eigenvalue weighted by atomic mass is 9.98. The second-order valence-corrected chi connectivity index (χ2v) is 13.1. The molecular weight excluding hydrogens is 583 g/mol. The van der Waals surface area contributed by atoms with E-state index in [0.29, 0.717) is 74.5 Å². The molecule has 2 aromatic carbocycles. The van der Waals surface area contributed by atoms with E-state index in [-0.39, 0.29) is 11.7 Å². The lowest BCUT2D eigenvalue weighted by molar-refractivity contribution is 0.0964. The number of rotatable bonds is 5. The molecule has 1 aliphatic rings. The second-order valence-electron chi connectivity index (χ2n) is 11.1. The van der Waals surface area contributed by atoms with E-state index in [4.69, 9.17) is 9.40 Å². The van der Waals surface area contributed by atoms with Crippen LogP contribution >= 0.6 is 0 Å². The number of pyridine rings is 1. The number of furan rings is 1. The van der Waals surface area contributed by atoms with Gasteiger partial charge in [-0.25, -0.2) is 17.8 Å². The molecule has 0 atom stereocenters. The molecule has 0 radical (unpaired) electrons. The number of H-pyrrole nitrogens is 1. The van der Waals surface area contributed by atoms with Gasteiger partial charge in [0.1, 0.15) is 11.4 Å². The maximum absolute atomic E-state index is 14.7. The Balaban J connectivity index is 1.51. The van der Waals surface area contributed by atoms with E-state index < -0.39 is 10.0 Å². The Hall–Kier alpha value is -4.97. The predicted molar refractivity (Wildman–Crippen MR) is 168 cm³/mol. The molecule has 224 valence electrons. The number of nitrogens with one attached hydrogen (secondary N) is 2. The van der Waals surface area contributed by atoms with Crippen LogP contribution in [0.1, 0.15) is 27.3 Å². The molecule has 10 nitrogen and oxygen atoms in total. The molecule has 7 rings (SSSR count). The normalized spacial score (nSPS) is 12.9. The van der Waals surface area contributed by atoms with Gasteiger partial charge in [-0.15, -0.1) is 0 Å². The molecule has 0 unspecified atom stereocenters. The number of hydrogen-bond donors (Lipinski definition) is 2. The van der Waals surface area contributed by atoms with Gasteiger partial charge in [-0.2, -0.15) is 5.10 Å². The summed E-state index contributed by atoms with van der Waals surface area (Å²) in [7, 11) is -0.694. The Kier molecular flexibility index (Phi) is 6.19. The molecule has 0 saturated heterocycles. The van der Waals surface area contributed by atoms with Crippen molar-refractivity contribution < 1.29 is 22.0 Å². The van der Waals surface area contributed by atoms with Gasteiger partial charge in [0.15, 0.2) is 5.76 Å². The molecule has 0 saturated carbocycles. The molecule has 12 heteroatoms. The number of benzene rings is 2. The van der Waals surface area contributed by atoms with Gasteiger partial charge in [0.2, 0.25) is 10.0 Å². The fraction of sp³-hybridized carbons (Fsp3) is 0.219. The minimum atomic E-state index is -3.70. The third-order valence-electron chi connectivity index (χ3n) is 8.45. The second kappa shape index (κ2) is 9.78. The zero-order chi connectivity index (χ0) is 31.1. The van der Waals surface area contributed by atoms with Gasteiger partial charge in [-0.05, 0) is 56.2 Å². The first-order chi connectivity index (χ1) is 21.0. The number of nitrogens with zero attached hydrogens (tertiary/aromatic N) is 4. The van der Waals surface area contributed by atoms with Gasteiger partial charge in [0.05, 0.1) is 51.4 Å². The summed E-state index contributed by atoms with van der Waals surface area (Å²) in [6.07, 6.45) is 1.83. The Morgan fingerprint density at radius 1 is 1.14 bits per heavy atom. The fourth-order valence-corrected chi connectivity index (χ4v) is 6.68. The molecule has 0 bridgehead atoms. The number of hydrogen-bond acceptors (Lipinski definition) is 6. The first-order valence-electron chi connectivity index (χ1n) is 14.0. The largest absolute Gasteiger partial charge is 0.455 e. The van der Waals surface area contributed by atoms with E-state index in [0.717, 1.165) is 28.7 Å². The quantitative estimate of drug-likeness (QED) is 0.262. The average Bonchev–Trinajstić information content (AvgIpc) is 3.67. The van der Waals surface area contributed by atoms with Crippen LogP contribution in [0, 0.1) is 19.7 Å². The minimum absolute atomic E-state index is 0.301. The van der Waals surface area contributed by atoms with Gasteiger partial charge >= 0.3 is 0 Å². The Morgan fingerprint density at radius 3 is 2.64 bits per heavy atom. The van der Waals surface area contributed by atoms with Crippen LogP contribution in [-0.2, 0) is 23.0 Å². The summed E-state index contributed by atoms with van der Waals surface area (Å²) in [6, 6.07) is 14.0. The van der Waals surface area contributed by atoms with Gasteiger partial charge < -0.3 is 14.3 Å². The highest BCUT2D eigenvalue weighted by Crippen LogP contribution is 2.43. The van der Waals surface area contributed by atoms with Crippen molar-refractivity contribution in [2.45, 2.75) is 26.8 Å². The standard InChI is InChI=1S/C32H29FN6O4S/c1-16-28(17(2)37-36-16)31-29(32(40)34-3)21-13-20(25(15-27(21)43-31)38(4)44(5,41)42)23-10-9-18-11-12-39-24-8-6-7-22(33)19(24)14-26(39)30(18)35-23/h6-10,13-15H,11-12H2,1-5H3,(H,34,40)(H,36,37). The number of anilines is 1. The molecule has 44 heavy (non-hydrogen) atoms. The summed E-state index contributed by atoms with van der Waals surface area (Å²) in [5, 5.41) is 10.9. The molecule has 0 fully saturated rings. The van der Waals surface area contributed by atoms with Crippen LogP contribution in [0.2, 0.25) is 0 Å². The summed E-state index contributed by atoms with van der Waals surface area (Å²) < 4.78 is 50.0. The number of amides is 1.